The smallest absolute Gasteiger partial charge is 0.421 e. The van der Waals surface area contributed by atoms with Crippen LogP contribution < -0.4 is 9.64 Å². The Morgan fingerprint density at radius 3 is 2.36 bits per heavy atom. The highest BCUT2D eigenvalue weighted by Crippen LogP contribution is 2.37. The molecule has 0 atom stereocenters. The van der Waals surface area contributed by atoms with Crippen molar-refractivity contribution in [3.63, 3.8) is 0 Å². The van der Waals surface area contributed by atoms with E-state index in [2.05, 4.69) is 9.97 Å². The zero-order valence-corrected chi connectivity index (χ0v) is 12.5. The third kappa shape index (κ3) is 3.47. The summed E-state index contributed by atoms with van der Waals surface area (Å²) in [7, 11) is 1.53. The van der Waals surface area contributed by atoms with Gasteiger partial charge in [0, 0.05) is 18.9 Å². The van der Waals surface area contributed by atoms with E-state index in [0.717, 1.165) is 11.8 Å². The molecule has 4 nitrogen and oxygen atoms in total. The lowest BCUT2D eigenvalue weighted by molar-refractivity contribution is -0.137. The summed E-state index contributed by atoms with van der Waals surface area (Å²) in [6.07, 6.45) is -3.79. The molecule has 118 valence electrons. The molecule has 0 N–H and O–H groups in total. The minimum atomic E-state index is -4.54. The van der Waals surface area contributed by atoms with Gasteiger partial charge in [-0.1, -0.05) is 17.7 Å². The van der Waals surface area contributed by atoms with Gasteiger partial charge in [-0.2, -0.15) is 18.2 Å². The predicted octanol–water partition coefficient (Wildman–Crippen LogP) is 3.97. The van der Waals surface area contributed by atoms with Crippen molar-refractivity contribution in [3.05, 3.63) is 41.6 Å². The predicted molar refractivity (Wildman–Crippen MR) is 77.4 cm³/mol. The van der Waals surface area contributed by atoms with Crippen LogP contribution in [0, 0.1) is 6.92 Å². The van der Waals surface area contributed by atoms with Gasteiger partial charge in [0.05, 0.1) is 6.61 Å². The molecular formula is C15H16F3N3O. The fourth-order valence-electron chi connectivity index (χ4n) is 1.90. The number of halogens is 3. The van der Waals surface area contributed by atoms with Crippen LogP contribution in [0.4, 0.5) is 24.7 Å². The number of ether oxygens (including phenoxy) is 1. The van der Waals surface area contributed by atoms with Crippen LogP contribution in [0.1, 0.15) is 18.1 Å². The van der Waals surface area contributed by atoms with Gasteiger partial charge in [0.25, 0.3) is 0 Å². The van der Waals surface area contributed by atoms with Gasteiger partial charge < -0.3 is 9.64 Å². The van der Waals surface area contributed by atoms with Gasteiger partial charge in [0.2, 0.25) is 0 Å². The van der Waals surface area contributed by atoms with Gasteiger partial charge in [-0.25, -0.2) is 4.98 Å². The molecule has 0 radical (unpaired) electrons. The normalized spacial score (nSPS) is 11.4. The fourth-order valence-corrected chi connectivity index (χ4v) is 1.90. The minimum absolute atomic E-state index is 0.0792. The van der Waals surface area contributed by atoms with Crippen molar-refractivity contribution in [2.75, 3.05) is 18.6 Å². The van der Waals surface area contributed by atoms with E-state index in [4.69, 9.17) is 4.74 Å². The van der Waals surface area contributed by atoms with Crippen molar-refractivity contribution in [1.82, 2.24) is 9.97 Å². The van der Waals surface area contributed by atoms with E-state index in [1.54, 1.807) is 19.1 Å². The molecule has 2 rings (SSSR count). The van der Waals surface area contributed by atoms with Gasteiger partial charge in [-0.15, -0.1) is 0 Å². The summed E-state index contributed by atoms with van der Waals surface area (Å²) >= 11 is 0. The Balaban J connectivity index is 2.49. The van der Waals surface area contributed by atoms with Gasteiger partial charge in [0.15, 0.2) is 5.82 Å². The standard InChI is InChI=1S/C15H16F3N3O/c1-4-22-14-19-9-12(15(16,17)18)13(20-14)21(3)11-7-5-10(2)6-8-11/h5-9H,4H2,1-3H3. The van der Waals surface area contributed by atoms with Gasteiger partial charge in [-0.05, 0) is 26.0 Å². The first kappa shape index (κ1) is 16.1. The molecule has 2 aromatic rings. The number of rotatable bonds is 4. The Morgan fingerprint density at radius 1 is 1.18 bits per heavy atom. The van der Waals surface area contributed by atoms with Gasteiger partial charge in [0.1, 0.15) is 5.56 Å². The molecule has 0 spiro atoms. The zero-order valence-electron chi connectivity index (χ0n) is 12.5. The molecule has 0 saturated heterocycles. The summed E-state index contributed by atoms with van der Waals surface area (Å²) in [6, 6.07) is 7.04. The Bertz CT molecular complexity index is 641. The van der Waals surface area contributed by atoms with Crippen LogP contribution in [0.5, 0.6) is 6.01 Å². The molecule has 22 heavy (non-hydrogen) atoms. The number of benzene rings is 1. The maximum absolute atomic E-state index is 13.2. The molecule has 0 bridgehead atoms. The highest BCUT2D eigenvalue weighted by Gasteiger charge is 2.36. The lowest BCUT2D eigenvalue weighted by Gasteiger charge is -2.22. The van der Waals surface area contributed by atoms with E-state index in [1.807, 2.05) is 19.1 Å². The number of anilines is 2. The largest absolute Gasteiger partial charge is 0.464 e. The van der Waals surface area contributed by atoms with E-state index < -0.39 is 11.7 Å². The van der Waals surface area contributed by atoms with Crippen LogP contribution in [-0.2, 0) is 6.18 Å². The number of nitrogens with zero attached hydrogens (tertiary/aromatic N) is 3. The van der Waals surface area contributed by atoms with Crippen LogP contribution in [-0.4, -0.2) is 23.6 Å². The lowest BCUT2D eigenvalue weighted by atomic mass is 10.2. The first-order valence-corrected chi connectivity index (χ1v) is 6.70. The van der Waals surface area contributed by atoms with Crippen LogP contribution in [0.2, 0.25) is 0 Å². The van der Waals surface area contributed by atoms with E-state index in [1.165, 1.54) is 11.9 Å². The van der Waals surface area contributed by atoms with E-state index in [-0.39, 0.29) is 18.4 Å². The van der Waals surface area contributed by atoms with Gasteiger partial charge in [-0.3, -0.25) is 0 Å². The Kier molecular flexibility index (Phi) is 4.54. The minimum Gasteiger partial charge on any atom is -0.464 e. The van der Waals surface area contributed by atoms with E-state index in [9.17, 15) is 13.2 Å². The summed E-state index contributed by atoms with van der Waals surface area (Å²) in [5.74, 6) is -0.241. The van der Waals surface area contributed by atoms with Crippen molar-refractivity contribution in [3.8, 4) is 6.01 Å². The number of hydrogen-bond acceptors (Lipinski definition) is 4. The van der Waals surface area contributed by atoms with Crippen molar-refractivity contribution in [2.45, 2.75) is 20.0 Å². The van der Waals surface area contributed by atoms with Crippen LogP contribution >= 0.6 is 0 Å². The first-order chi connectivity index (χ1) is 10.3. The molecule has 0 aliphatic rings. The maximum atomic E-state index is 13.2. The quantitative estimate of drug-likeness (QED) is 0.856. The van der Waals surface area contributed by atoms with Crippen molar-refractivity contribution in [1.29, 1.82) is 0 Å². The van der Waals surface area contributed by atoms with Gasteiger partial charge >= 0.3 is 12.2 Å². The number of aryl methyl sites for hydroxylation is 1. The highest BCUT2D eigenvalue weighted by atomic mass is 19.4. The number of alkyl halides is 3. The van der Waals surface area contributed by atoms with E-state index in [0.29, 0.717) is 5.69 Å². The topological polar surface area (TPSA) is 38.2 Å². The summed E-state index contributed by atoms with van der Waals surface area (Å²) < 4.78 is 44.6. The first-order valence-electron chi connectivity index (χ1n) is 6.70. The number of aromatic nitrogens is 2. The molecule has 1 heterocycles. The van der Waals surface area contributed by atoms with Crippen LogP contribution in [0.25, 0.3) is 0 Å². The molecule has 7 heteroatoms. The highest BCUT2D eigenvalue weighted by molar-refractivity contribution is 5.63. The molecule has 1 aromatic carbocycles. The molecule has 0 aliphatic heterocycles. The molecule has 0 unspecified atom stereocenters. The van der Waals surface area contributed by atoms with Crippen molar-refractivity contribution in [2.24, 2.45) is 0 Å². The van der Waals surface area contributed by atoms with Crippen LogP contribution in [0.15, 0.2) is 30.5 Å². The average Bonchev–Trinajstić information content (AvgIpc) is 2.46. The molecule has 0 saturated carbocycles. The zero-order chi connectivity index (χ0) is 16.3. The van der Waals surface area contributed by atoms with Crippen molar-refractivity contribution < 1.29 is 17.9 Å². The van der Waals surface area contributed by atoms with E-state index >= 15 is 0 Å². The fraction of sp³-hybridized carbons (Fsp3) is 0.333. The van der Waals surface area contributed by atoms with Crippen molar-refractivity contribution >= 4 is 11.5 Å². The lowest BCUT2D eigenvalue weighted by Crippen LogP contribution is -2.19. The number of hydrogen-bond donors (Lipinski definition) is 0. The molecule has 0 fully saturated rings. The molecule has 1 aromatic heterocycles. The molecule has 0 aliphatic carbocycles. The Labute approximate surface area is 126 Å². The summed E-state index contributed by atoms with van der Waals surface area (Å²) in [5.41, 5.74) is 0.710. The molecule has 0 amide bonds. The summed E-state index contributed by atoms with van der Waals surface area (Å²) in [6.45, 7) is 3.90. The monoisotopic (exact) mass is 311 g/mol. The summed E-state index contributed by atoms with van der Waals surface area (Å²) in [5, 5.41) is 0. The summed E-state index contributed by atoms with van der Waals surface area (Å²) in [4.78, 5) is 8.87. The SMILES string of the molecule is CCOc1ncc(C(F)(F)F)c(N(C)c2ccc(C)cc2)n1. The second-order valence-corrected chi connectivity index (χ2v) is 4.72. The third-order valence-electron chi connectivity index (χ3n) is 3.06. The second-order valence-electron chi connectivity index (χ2n) is 4.72. The maximum Gasteiger partial charge on any atom is 0.421 e. The second kappa shape index (κ2) is 6.21. The molecular weight excluding hydrogens is 295 g/mol. The average molecular weight is 311 g/mol. The Hall–Kier alpha value is -2.31. The Morgan fingerprint density at radius 2 is 1.82 bits per heavy atom. The third-order valence-corrected chi connectivity index (χ3v) is 3.06. The van der Waals surface area contributed by atoms with Crippen LogP contribution in [0.3, 0.4) is 0 Å².